The number of hydrazone groups is 1. The number of benzene rings is 3. The van der Waals surface area contributed by atoms with E-state index in [1.807, 2.05) is 71.6 Å². The van der Waals surface area contributed by atoms with Crippen LogP contribution in [-0.4, -0.2) is 16.6 Å². The van der Waals surface area contributed by atoms with Crippen LogP contribution in [0.2, 0.25) is 0 Å². The molecule has 0 fully saturated rings. The Kier molecular flexibility index (Phi) is 4.55. The van der Waals surface area contributed by atoms with Gasteiger partial charge in [0.1, 0.15) is 5.82 Å². The van der Waals surface area contributed by atoms with Crippen LogP contribution in [0.15, 0.2) is 84.1 Å². The molecule has 1 aromatic heterocycles. The van der Waals surface area contributed by atoms with Crippen molar-refractivity contribution >= 4 is 33.9 Å². The molecule has 0 radical (unpaired) electrons. The molecule has 4 aromatic rings. The predicted octanol–water partition coefficient (Wildman–Crippen LogP) is 5.54. The van der Waals surface area contributed by atoms with Crippen molar-refractivity contribution in [3.05, 3.63) is 95.9 Å². The van der Waals surface area contributed by atoms with Crippen LogP contribution in [0.4, 0.5) is 15.8 Å². The average Bonchev–Trinajstić information content (AvgIpc) is 3.36. The Labute approximate surface area is 179 Å². The summed E-state index contributed by atoms with van der Waals surface area (Å²) in [5.41, 5.74) is 4.67. The van der Waals surface area contributed by atoms with Crippen molar-refractivity contribution in [3.63, 3.8) is 0 Å². The maximum absolute atomic E-state index is 13.7. The van der Waals surface area contributed by atoms with Crippen LogP contribution in [-0.2, 0) is 4.79 Å². The highest BCUT2D eigenvalue weighted by molar-refractivity contribution is 6.44. The highest BCUT2D eigenvalue weighted by atomic mass is 19.1. The summed E-state index contributed by atoms with van der Waals surface area (Å²) in [7, 11) is 0. The lowest BCUT2D eigenvalue weighted by atomic mass is 10.1. The van der Waals surface area contributed by atoms with E-state index in [4.69, 9.17) is 5.10 Å². The van der Waals surface area contributed by atoms with E-state index in [9.17, 15) is 9.18 Å². The Bertz CT molecular complexity index is 1290. The van der Waals surface area contributed by atoms with Gasteiger partial charge >= 0.3 is 0 Å². The Morgan fingerprint density at radius 3 is 2.35 bits per heavy atom. The lowest BCUT2D eigenvalue weighted by molar-refractivity contribution is -0.111. The molecule has 0 saturated carbocycles. The van der Waals surface area contributed by atoms with Gasteiger partial charge in [0.15, 0.2) is 17.8 Å². The molecular formula is C25H21FN4O. The summed E-state index contributed by atoms with van der Waals surface area (Å²) in [5, 5.41) is 7.63. The molecule has 0 saturated heterocycles. The van der Waals surface area contributed by atoms with Crippen LogP contribution in [0.5, 0.6) is 0 Å². The van der Waals surface area contributed by atoms with Crippen LogP contribution in [0.25, 0.3) is 10.9 Å². The Morgan fingerprint density at radius 2 is 1.65 bits per heavy atom. The number of amidine groups is 1. The van der Waals surface area contributed by atoms with Gasteiger partial charge in [-0.05, 0) is 49.4 Å². The van der Waals surface area contributed by atoms with Crippen molar-refractivity contribution in [2.24, 2.45) is 5.10 Å². The van der Waals surface area contributed by atoms with Crippen LogP contribution in [0, 0.1) is 12.7 Å². The van der Waals surface area contributed by atoms with Gasteiger partial charge in [0.05, 0.1) is 5.69 Å². The number of hydrogen-bond donors (Lipinski definition) is 1. The number of Topliss-reactive ketones (excluding diaryl/α,β-unsaturated/α-hetero) is 1. The number of carbonyl (C=O) groups is 1. The zero-order chi connectivity index (χ0) is 21.5. The molecule has 0 aliphatic carbocycles. The molecule has 1 aliphatic heterocycles. The first-order chi connectivity index (χ1) is 15.0. The molecule has 0 spiro atoms. The second-order valence-electron chi connectivity index (χ2n) is 7.67. The summed E-state index contributed by atoms with van der Waals surface area (Å²) in [5.74, 6) is -0.186. The van der Waals surface area contributed by atoms with Gasteiger partial charge in [-0.15, -0.1) is 5.10 Å². The molecule has 6 heteroatoms. The minimum absolute atomic E-state index is 0.163. The fraction of sp³-hybridized carbons (Fsp3) is 0.120. The van der Waals surface area contributed by atoms with E-state index in [0.717, 1.165) is 27.7 Å². The number of hydrogen-bond acceptors (Lipinski definition) is 4. The van der Waals surface area contributed by atoms with Crippen molar-refractivity contribution in [1.82, 2.24) is 4.98 Å². The summed E-state index contributed by atoms with van der Waals surface area (Å²) in [6, 6.07) is 22.2. The molecular weight excluding hydrogens is 391 g/mol. The van der Waals surface area contributed by atoms with Gasteiger partial charge in [0.25, 0.3) is 0 Å². The number of fused-ring (bicyclic) bond motifs is 1. The third-order valence-corrected chi connectivity index (χ3v) is 5.52. The van der Waals surface area contributed by atoms with Crippen molar-refractivity contribution in [2.75, 3.05) is 9.91 Å². The fourth-order valence-corrected chi connectivity index (χ4v) is 4.01. The van der Waals surface area contributed by atoms with Gasteiger partial charge in [-0.2, -0.15) is 0 Å². The normalized spacial score (nSPS) is 16.1. The molecule has 1 aliphatic rings. The van der Waals surface area contributed by atoms with Gasteiger partial charge < -0.3 is 4.98 Å². The highest BCUT2D eigenvalue weighted by Gasteiger charge is 2.40. The zero-order valence-electron chi connectivity index (χ0n) is 17.2. The number of nitrogens with zero attached hydrogens (tertiary/aromatic N) is 3. The molecule has 1 N–H and O–H groups in total. The van der Waals surface area contributed by atoms with Gasteiger partial charge in [-0.25, -0.2) is 9.40 Å². The van der Waals surface area contributed by atoms with Crippen LogP contribution < -0.4 is 9.91 Å². The van der Waals surface area contributed by atoms with Crippen molar-refractivity contribution in [3.8, 4) is 0 Å². The van der Waals surface area contributed by atoms with E-state index in [1.165, 1.54) is 19.1 Å². The minimum Gasteiger partial charge on any atom is -0.361 e. The van der Waals surface area contributed by atoms with Gasteiger partial charge in [0, 0.05) is 35.3 Å². The van der Waals surface area contributed by atoms with Crippen LogP contribution >= 0.6 is 0 Å². The van der Waals surface area contributed by atoms with Crippen LogP contribution in [0.3, 0.4) is 0 Å². The summed E-state index contributed by atoms with van der Waals surface area (Å²) in [6.45, 7) is 3.53. The molecule has 0 amide bonds. The number of anilines is 2. The quantitative estimate of drug-likeness (QED) is 0.479. The number of rotatable bonds is 4. The lowest BCUT2D eigenvalue weighted by Crippen LogP contribution is -2.37. The summed E-state index contributed by atoms with van der Waals surface area (Å²) in [6.07, 6.45) is 1.54. The van der Waals surface area contributed by atoms with E-state index in [2.05, 4.69) is 4.98 Å². The van der Waals surface area contributed by atoms with Crippen molar-refractivity contribution in [2.45, 2.75) is 20.0 Å². The highest BCUT2D eigenvalue weighted by Crippen LogP contribution is 2.41. The minimum atomic E-state index is -0.414. The van der Waals surface area contributed by atoms with Crippen LogP contribution in [0.1, 0.15) is 24.2 Å². The second-order valence-corrected chi connectivity index (χ2v) is 7.67. The molecule has 1 atom stereocenters. The second kappa shape index (κ2) is 7.40. The first-order valence-corrected chi connectivity index (χ1v) is 10.1. The lowest BCUT2D eigenvalue weighted by Gasteiger charge is -2.31. The number of aryl methyl sites for hydroxylation is 1. The summed E-state index contributed by atoms with van der Waals surface area (Å²) in [4.78, 5) is 17.8. The number of aromatic amines is 1. The molecule has 31 heavy (non-hydrogen) atoms. The smallest absolute Gasteiger partial charge is 0.198 e. The monoisotopic (exact) mass is 412 g/mol. The van der Waals surface area contributed by atoms with Gasteiger partial charge in [-0.3, -0.25) is 9.69 Å². The largest absolute Gasteiger partial charge is 0.361 e. The first kappa shape index (κ1) is 19.1. The molecule has 0 unspecified atom stereocenters. The number of halogens is 1. The number of aromatic nitrogens is 1. The summed E-state index contributed by atoms with van der Waals surface area (Å²) < 4.78 is 13.7. The standard InChI is InChI=1S/C25H21FN4O/c1-16-7-11-20(12-8-16)30-25(22-15-27-23-6-4-3-5-21(22)23)29(24(28-30)17(2)31)19-13-9-18(26)10-14-19/h3-15,25,27H,1-2H3/t25-/m0/s1. The third kappa shape index (κ3) is 3.26. The maximum Gasteiger partial charge on any atom is 0.198 e. The topological polar surface area (TPSA) is 51.7 Å². The number of para-hydroxylation sites is 1. The molecule has 0 bridgehead atoms. The zero-order valence-corrected chi connectivity index (χ0v) is 17.2. The number of ketones is 1. The van der Waals surface area contributed by atoms with E-state index < -0.39 is 6.17 Å². The number of carbonyl (C=O) groups excluding carboxylic acids is 1. The molecule has 5 rings (SSSR count). The summed E-state index contributed by atoms with van der Waals surface area (Å²) >= 11 is 0. The van der Waals surface area contributed by atoms with Crippen molar-refractivity contribution in [1.29, 1.82) is 0 Å². The number of H-pyrrole nitrogens is 1. The van der Waals surface area contributed by atoms with E-state index >= 15 is 0 Å². The van der Waals surface area contributed by atoms with E-state index in [0.29, 0.717) is 11.5 Å². The first-order valence-electron chi connectivity index (χ1n) is 10.1. The third-order valence-electron chi connectivity index (χ3n) is 5.52. The fourth-order valence-electron chi connectivity index (χ4n) is 4.01. The Hall–Kier alpha value is -3.93. The Morgan fingerprint density at radius 1 is 0.968 bits per heavy atom. The molecule has 3 aromatic carbocycles. The van der Waals surface area contributed by atoms with Gasteiger partial charge in [-0.1, -0.05) is 35.9 Å². The molecule has 2 heterocycles. The average molecular weight is 412 g/mol. The Balaban J connectivity index is 1.73. The van der Waals surface area contributed by atoms with E-state index in [-0.39, 0.29) is 11.6 Å². The molecule has 154 valence electrons. The van der Waals surface area contributed by atoms with Gasteiger partial charge in [0.2, 0.25) is 0 Å². The predicted molar refractivity (Wildman–Crippen MR) is 122 cm³/mol. The van der Waals surface area contributed by atoms with Crippen molar-refractivity contribution < 1.29 is 9.18 Å². The maximum atomic E-state index is 13.7. The SMILES string of the molecule is CC(=O)C1=NN(c2ccc(C)cc2)[C@@H](c2c[nH]c3ccccc23)N1c1ccc(F)cc1. The van der Waals surface area contributed by atoms with E-state index in [1.54, 1.807) is 12.1 Å². The number of nitrogens with one attached hydrogen (secondary N) is 1. The molecule has 5 nitrogen and oxygen atoms in total.